The van der Waals surface area contributed by atoms with Crippen molar-refractivity contribution >= 4 is 0 Å². The molecule has 0 bridgehead atoms. The molecule has 2 aliphatic rings. The zero-order chi connectivity index (χ0) is 4.85. The Balaban J connectivity index is 2.14. The van der Waals surface area contributed by atoms with E-state index in [0.29, 0.717) is 0 Å². The first kappa shape index (κ1) is 3.71. The molecule has 0 unspecified atom stereocenters. The molecule has 0 heterocycles. The maximum atomic E-state index is 3.93. The normalized spacial score (nSPS) is 46.6. The van der Waals surface area contributed by atoms with E-state index in [2.05, 4.69) is 6.58 Å². The Hall–Kier alpha value is -0.260. The molecule has 0 saturated heterocycles. The van der Waals surface area contributed by atoms with Gasteiger partial charge < -0.3 is 0 Å². The number of fused-ring (bicyclic) bond motifs is 1. The molecule has 0 spiro atoms. The predicted octanol–water partition coefficient (Wildman–Crippen LogP) is 1.97. The van der Waals surface area contributed by atoms with Gasteiger partial charge in [-0.25, -0.2) is 0 Å². The number of hydrogen-bond donors (Lipinski definition) is 0. The molecule has 2 fully saturated rings. The lowest BCUT2D eigenvalue weighted by Gasteiger charge is -1.89. The van der Waals surface area contributed by atoms with Crippen LogP contribution in [0.15, 0.2) is 12.2 Å². The van der Waals surface area contributed by atoms with E-state index in [9.17, 15) is 0 Å². The minimum atomic E-state index is 1.09. The Morgan fingerprint density at radius 1 is 1.29 bits per heavy atom. The fourth-order valence-electron chi connectivity index (χ4n) is 1.64. The molecule has 2 atom stereocenters. The van der Waals surface area contributed by atoms with Crippen LogP contribution >= 0.6 is 0 Å². The lowest BCUT2D eigenvalue weighted by molar-refractivity contribution is 0.834. The van der Waals surface area contributed by atoms with Crippen molar-refractivity contribution in [2.45, 2.75) is 19.3 Å². The third-order valence-electron chi connectivity index (χ3n) is 2.17. The van der Waals surface area contributed by atoms with Gasteiger partial charge in [-0.15, -0.1) is 0 Å². The molecule has 0 aromatic rings. The molecule has 38 valence electrons. The van der Waals surface area contributed by atoms with Gasteiger partial charge in [0.1, 0.15) is 0 Å². The molecule has 2 aliphatic carbocycles. The van der Waals surface area contributed by atoms with Gasteiger partial charge >= 0.3 is 0 Å². The molecule has 0 aromatic carbocycles. The Kier molecular flexibility index (Phi) is 0.495. The van der Waals surface area contributed by atoms with Crippen molar-refractivity contribution in [1.29, 1.82) is 0 Å². The maximum absolute atomic E-state index is 3.93. The molecular formula is C7H10. The summed E-state index contributed by atoms with van der Waals surface area (Å²) in [6.07, 6.45) is 4.22. The number of rotatable bonds is 0. The lowest BCUT2D eigenvalue weighted by atomic mass is 10.2. The van der Waals surface area contributed by atoms with Crippen molar-refractivity contribution in [2.75, 3.05) is 0 Å². The van der Waals surface area contributed by atoms with Crippen LogP contribution in [0, 0.1) is 11.8 Å². The van der Waals surface area contributed by atoms with Crippen molar-refractivity contribution in [3.63, 3.8) is 0 Å². The van der Waals surface area contributed by atoms with E-state index < -0.39 is 0 Å². The van der Waals surface area contributed by atoms with Crippen LogP contribution in [0.3, 0.4) is 0 Å². The molecule has 0 N–H and O–H groups in total. The molecule has 0 nitrogen and oxygen atoms in total. The molecular weight excluding hydrogens is 84.1 g/mol. The molecule has 0 aliphatic heterocycles. The fourth-order valence-corrected chi connectivity index (χ4v) is 1.64. The first-order valence-corrected chi connectivity index (χ1v) is 3.03. The van der Waals surface area contributed by atoms with Crippen molar-refractivity contribution in [1.82, 2.24) is 0 Å². The van der Waals surface area contributed by atoms with Crippen molar-refractivity contribution in [3.05, 3.63) is 12.2 Å². The molecule has 0 amide bonds. The quantitative estimate of drug-likeness (QED) is 0.402. The smallest absolute Gasteiger partial charge is 0.0292 e. The monoisotopic (exact) mass is 94.1 g/mol. The molecule has 0 heteroatoms. The highest BCUT2D eigenvalue weighted by atomic mass is 14.5. The molecule has 2 rings (SSSR count). The highest BCUT2D eigenvalue weighted by molar-refractivity contribution is 5.13. The number of allylic oxidation sites excluding steroid dienone is 1. The summed E-state index contributed by atoms with van der Waals surface area (Å²) in [5, 5.41) is 0. The Morgan fingerprint density at radius 2 is 1.86 bits per heavy atom. The van der Waals surface area contributed by atoms with E-state index in [1.165, 1.54) is 24.8 Å². The zero-order valence-electron chi connectivity index (χ0n) is 4.48. The average Bonchev–Trinajstić information content (AvgIpc) is 2.15. The molecule has 0 radical (unpaired) electrons. The SMILES string of the molecule is C=C1C[C@@H]2C[C@@H]2C1. The molecule has 0 aromatic heterocycles. The summed E-state index contributed by atoms with van der Waals surface area (Å²) in [7, 11) is 0. The van der Waals surface area contributed by atoms with E-state index in [-0.39, 0.29) is 0 Å². The van der Waals surface area contributed by atoms with Crippen LogP contribution in [-0.4, -0.2) is 0 Å². The summed E-state index contributed by atoms with van der Waals surface area (Å²) in [6, 6.07) is 0. The fraction of sp³-hybridized carbons (Fsp3) is 0.714. The van der Waals surface area contributed by atoms with Gasteiger partial charge in [0, 0.05) is 0 Å². The van der Waals surface area contributed by atoms with Gasteiger partial charge in [-0.1, -0.05) is 12.2 Å². The highest BCUT2D eigenvalue weighted by Crippen LogP contribution is 2.53. The van der Waals surface area contributed by atoms with Gasteiger partial charge in [-0.05, 0) is 31.1 Å². The summed E-state index contributed by atoms with van der Waals surface area (Å²) in [6.45, 7) is 3.93. The third-order valence-corrected chi connectivity index (χ3v) is 2.17. The van der Waals surface area contributed by atoms with E-state index in [1.807, 2.05) is 0 Å². The third kappa shape index (κ3) is 0.425. The molecule has 2 saturated carbocycles. The van der Waals surface area contributed by atoms with Gasteiger partial charge in [-0.3, -0.25) is 0 Å². The second kappa shape index (κ2) is 0.936. The van der Waals surface area contributed by atoms with Gasteiger partial charge in [-0.2, -0.15) is 0 Å². The van der Waals surface area contributed by atoms with Crippen molar-refractivity contribution in [3.8, 4) is 0 Å². The summed E-state index contributed by atoms with van der Waals surface area (Å²) in [4.78, 5) is 0. The van der Waals surface area contributed by atoms with Crippen LogP contribution in [0.5, 0.6) is 0 Å². The minimum absolute atomic E-state index is 1.09. The van der Waals surface area contributed by atoms with E-state index in [1.54, 1.807) is 0 Å². The van der Waals surface area contributed by atoms with E-state index in [0.717, 1.165) is 11.8 Å². The van der Waals surface area contributed by atoms with E-state index in [4.69, 9.17) is 0 Å². The van der Waals surface area contributed by atoms with Crippen molar-refractivity contribution in [2.24, 2.45) is 11.8 Å². The lowest BCUT2D eigenvalue weighted by Crippen LogP contribution is -1.71. The number of hydrogen-bond acceptors (Lipinski definition) is 0. The van der Waals surface area contributed by atoms with Crippen LogP contribution in [0.2, 0.25) is 0 Å². The Morgan fingerprint density at radius 3 is 2.14 bits per heavy atom. The standard InChI is InChI=1S/C7H10/c1-5-2-6-4-7(6)3-5/h6-7H,1-4H2/t6-,7+. The van der Waals surface area contributed by atoms with Gasteiger partial charge in [0.25, 0.3) is 0 Å². The van der Waals surface area contributed by atoms with Crippen LogP contribution in [0.4, 0.5) is 0 Å². The predicted molar refractivity (Wildman–Crippen MR) is 30.0 cm³/mol. The maximum Gasteiger partial charge on any atom is -0.0292 e. The van der Waals surface area contributed by atoms with Crippen LogP contribution in [0.25, 0.3) is 0 Å². The van der Waals surface area contributed by atoms with Gasteiger partial charge in [0.2, 0.25) is 0 Å². The van der Waals surface area contributed by atoms with E-state index >= 15 is 0 Å². The van der Waals surface area contributed by atoms with Crippen LogP contribution < -0.4 is 0 Å². The highest BCUT2D eigenvalue weighted by Gasteiger charge is 2.42. The topological polar surface area (TPSA) is 0 Å². The average molecular weight is 94.2 g/mol. The first-order valence-electron chi connectivity index (χ1n) is 3.03. The largest absolute Gasteiger partial charge is 0.0998 e. The van der Waals surface area contributed by atoms with Gasteiger partial charge in [0.05, 0.1) is 0 Å². The summed E-state index contributed by atoms with van der Waals surface area (Å²) in [5.41, 5.74) is 1.50. The first-order chi connectivity index (χ1) is 3.36. The second-order valence-corrected chi connectivity index (χ2v) is 2.91. The van der Waals surface area contributed by atoms with Crippen LogP contribution in [-0.2, 0) is 0 Å². The summed E-state index contributed by atoms with van der Waals surface area (Å²) < 4.78 is 0. The van der Waals surface area contributed by atoms with Crippen molar-refractivity contribution < 1.29 is 0 Å². The second-order valence-electron chi connectivity index (χ2n) is 2.91. The van der Waals surface area contributed by atoms with Crippen LogP contribution in [0.1, 0.15) is 19.3 Å². The minimum Gasteiger partial charge on any atom is -0.0998 e. The molecule has 7 heavy (non-hydrogen) atoms. The zero-order valence-corrected chi connectivity index (χ0v) is 4.48. The summed E-state index contributed by atoms with van der Waals surface area (Å²) in [5.74, 6) is 2.18. The Bertz CT molecular complexity index is 101. The summed E-state index contributed by atoms with van der Waals surface area (Å²) >= 11 is 0. The van der Waals surface area contributed by atoms with Gasteiger partial charge in [0.15, 0.2) is 0 Å². The Labute approximate surface area is 44.2 Å².